The Morgan fingerprint density at radius 1 is 0.774 bits per heavy atom. The van der Waals surface area contributed by atoms with Gasteiger partial charge < -0.3 is 10.1 Å². The maximum absolute atomic E-state index is 12.5. The van der Waals surface area contributed by atoms with Crippen molar-refractivity contribution in [2.24, 2.45) is 0 Å². The van der Waals surface area contributed by atoms with Crippen molar-refractivity contribution in [3.63, 3.8) is 0 Å². The Bertz CT molecular complexity index is 832. The standard InChI is InChI=1S/C26H33NO4/c1-2-3-4-5-6-7-8-14-19-31-26(30)22-17-12-13-18-23(22)27-25(29)20-24(28)21-15-10-9-11-16-21/h9-13,15-18H,2-8,14,19-20H2,1H3,(H,27,29). The van der Waals surface area contributed by atoms with Crippen molar-refractivity contribution < 1.29 is 19.1 Å². The summed E-state index contributed by atoms with van der Waals surface area (Å²) in [4.78, 5) is 37.0. The highest BCUT2D eigenvalue weighted by molar-refractivity contribution is 6.12. The van der Waals surface area contributed by atoms with Crippen LogP contribution >= 0.6 is 0 Å². The smallest absolute Gasteiger partial charge is 0.340 e. The largest absolute Gasteiger partial charge is 0.462 e. The lowest BCUT2D eigenvalue weighted by atomic mass is 10.1. The van der Waals surface area contributed by atoms with Crippen LogP contribution in [-0.2, 0) is 9.53 Å². The molecule has 31 heavy (non-hydrogen) atoms. The van der Waals surface area contributed by atoms with E-state index in [1.54, 1.807) is 48.5 Å². The first kappa shape index (κ1) is 24.3. The van der Waals surface area contributed by atoms with Crippen LogP contribution in [0.5, 0.6) is 0 Å². The van der Waals surface area contributed by atoms with Crippen molar-refractivity contribution in [1.82, 2.24) is 0 Å². The van der Waals surface area contributed by atoms with E-state index in [1.165, 1.54) is 32.1 Å². The first-order chi connectivity index (χ1) is 15.1. The van der Waals surface area contributed by atoms with Crippen molar-refractivity contribution in [3.05, 3.63) is 65.7 Å². The molecule has 0 bridgehead atoms. The minimum atomic E-state index is -0.465. The number of benzene rings is 2. The normalized spacial score (nSPS) is 10.5. The number of amides is 1. The second-order valence-electron chi connectivity index (χ2n) is 7.67. The van der Waals surface area contributed by atoms with E-state index in [0.717, 1.165) is 19.3 Å². The third kappa shape index (κ3) is 9.16. The maximum atomic E-state index is 12.5. The first-order valence-corrected chi connectivity index (χ1v) is 11.3. The van der Waals surface area contributed by atoms with Crippen LogP contribution in [0.2, 0.25) is 0 Å². The third-order valence-corrected chi connectivity index (χ3v) is 5.07. The molecule has 0 aromatic heterocycles. The molecular weight excluding hydrogens is 390 g/mol. The van der Waals surface area contributed by atoms with Gasteiger partial charge in [-0.2, -0.15) is 0 Å². The van der Waals surface area contributed by atoms with E-state index in [4.69, 9.17) is 4.74 Å². The number of para-hydroxylation sites is 1. The molecule has 0 heterocycles. The number of hydrogen-bond acceptors (Lipinski definition) is 4. The maximum Gasteiger partial charge on any atom is 0.340 e. The summed E-state index contributed by atoms with van der Waals surface area (Å²) in [6, 6.07) is 15.4. The predicted molar refractivity (Wildman–Crippen MR) is 123 cm³/mol. The van der Waals surface area contributed by atoms with Crippen LogP contribution in [0, 0.1) is 0 Å². The zero-order chi connectivity index (χ0) is 22.3. The van der Waals surface area contributed by atoms with E-state index in [-0.39, 0.29) is 12.2 Å². The highest BCUT2D eigenvalue weighted by Gasteiger charge is 2.16. The Balaban J connectivity index is 1.77. The molecule has 0 radical (unpaired) electrons. The lowest BCUT2D eigenvalue weighted by Gasteiger charge is -2.11. The fraction of sp³-hybridized carbons (Fsp3) is 0.423. The van der Waals surface area contributed by atoms with E-state index in [2.05, 4.69) is 12.2 Å². The summed E-state index contributed by atoms with van der Waals surface area (Å²) < 4.78 is 5.39. The monoisotopic (exact) mass is 423 g/mol. The SMILES string of the molecule is CCCCCCCCCCOC(=O)c1ccccc1NC(=O)CC(=O)c1ccccc1. The summed E-state index contributed by atoms with van der Waals surface area (Å²) in [6.07, 6.45) is 9.09. The molecule has 0 aliphatic heterocycles. The Labute approximate surface area is 185 Å². The third-order valence-electron chi connectivity index (χ3n) is 5.07. The van der Waals surface area contributed by atoms with Gasteiger partial charge in [0, 0.05) is 5.56 Å². The summed E-state index contributed by atoms with van der Waals surface area (Å²) in [5.74, 6) is -1.20. The molecule has 1 amide bonds. The van der Waals surface area contributed by atoms with Crippen LogP contribution in [0.1, 0.15) is 85.4 Å². The Hall–Kier alpha value is -2.95. The molecule has 1 N–H and O–H groups in total. The van der Waals surface area contributed by atoms with Gasteiger partial charge in [0.2, 0.25) is 5.91 Å². The molecule has 166 valence electrons. The van der Waals surface area contributed by atoms with Crippen molar-refractivity contribution >= 4 is 23.3 Å². The molecule has 0 saturated heterocycles. The topological polar surface area (TPSA) is 72.5 Å². The molecule has 5 nitrogen and oxygen atoms in total. The summed E-state index contributed by atoms with van der Waals surface area (Å²) in [7, 11) is 0. The van der Waals surface area contributed by atoms with Gasteiger partial charge in [-0.25, -0.2) is 4.79 Å². The van der Waals surface area contributed by atoms with Crippen LogP contribution in [-0.4, -0.2) is 24.3 Å². The van der Waals surface area contributed by atoms with Crippen LogP contribution < -0.4 is 5.32 Å². The van der Waals surface area contributed by atoms with Crippen molar-refractivity contribution in [3.8, 4) is 0 Å². The zero-order valence-electron chi connectivity index (χ0n) is 18.4. The Morgan fingerprint density at radius 2 is 1.39 bits per heavy atom. The number of carbonyl (C=O) groups is 3. The van der Waals surface area contributed by atoms with Crippen molar-refractivity contribution in [2.45, 2.75) is 64.7 Å². The first-order valence-electron chi connectivity index (χ1n) is 11.3. The lowest BCUT2D eigenvalue weighted by Crippen LogP contribution is -2.19. The molecule has 0 unspecified atom stereocenters. The van der Waals surface area contributed by atoms with E-state index >= 15 is 0 Å². The fourth-order valence-electron chi connectivity index (χ4n) is 3.32. The second-order valence-corrected chi connectivity index (χ2v) is 7.67. The molecule has 5 heteroatoms. The number of nitrogens with one attached hydrogen (secondary N) is 1. The van der Waals surface area contributed by atoms with Crippen LogP contribution in [0.3, 0.4) is 0 Å². The van der Waals surface area contributed by atoms with Crippen molar-refractivity contribution in [1.29, 1.82) is 0 Å². The number of carbonyl (C=O) groups excluding carboxylic acids is 3. The van der Waals surface area contributed by atoms with E-state index in [1.807, 2.05) is 6.07 Å². The van der Waals surface area contributed by atoms with Crippen LogP contribution in [0.4, 0.5) is 5.69 Å². The molecule has 0 fully saturated rings. The average Bonchev–Trinajstić information content (AvgIpc) is 2.78. The van der Waals surface area contributed by atoms with Gasteiger partial charge in [0.05, 0.1) is 24.3 Å². The molecule has 2 aromatic carbocycles. The average molecular weight is 424 g/mol. The second kappa shape index (κ2) is 14.1. The minimum Gasteiger partial charge on any atom is -0.462 e. The molecule has 0 aliphatic rings. The van der Waals surface area contributed by atoms with E-state index in [0.29, 0.717) is 23.4 Å². The molecule has 0 spiro atoms. The number of ether oxygens (including phenoxy) is 1. The minimum absolute atomic E-state index is 0.271. The zero-order valence-corrected chi connectivity index (χ0v) is 18.4. The van der Waals surface area contributed by atoms with Gasteiger partial charge in [0.1, 0.15) is 0 Å². The van der Waals surface area contributed by atoms with Gasteiger partial charge in [-0.05, 0) is 18.6 Å². The van der Waals surface area contributed by atoms with E-state index in [9.17, 15) is 14.4 Å². The summed E-state index contributed by atoms with van der Waals surface area (Å²) in [5.41, 5.74) is 1.13. The fourth-order valence-corrected chi connectivity index (χ4v) is 3.32. The van der Waals surface area contributed by atoms with Gasteiger partial charge in [-0.1, -0.05) is 94.3 Å². The molecule has 0 aliphatic carbocycles. The summed E-state index contributed by atoms with van der Waals surface area (Å²) >= 11 is 0. The number of anilines is 1. The van der Waals surface area contributed by atoms with Gasteiger partial charge in [-0.15, -0.1) is 0 Å². The van der Waals surface area contributed by atoms with Gasteiger partial charge in [0.25, 0.3) is 0 Å². The summed E-state index contributed by atoms with van der Waals surface area (Å²) in [5, 5.41) is 2.67. The lowest BCUT2D eigenvalue weighted by molar-refractivity contribution is -0.115. The molecule has 2 rings (SSSR count). The van der Waals surface area contributed by atoms with Gasteiger partial charge >= 0.3 is 5.97 Å². The highest BCUT2D eigenvalue weighted by Crippen LogP contribution is 2.17. The Kier molecular flexibility index (Phi) is 11.1. The van der Waals surface area contributed by atoms with Gasteiger partial charge in [-0.3, -0.25) is 9.59 Å². The summed E-state index contributed by atoms with van der Waals surface area (Å²) in [6.45, 7) is 2.57. The number of rotatable bonds is 14. The van der Waals surface area contributed by atoms with Crippen LogP contribution in [0.25, 0.3) is 0 Å². The number of ketones is 1. The predicted octanol–water partition coefficient (Wildman–Crippen LogP) is 6.20. The quantitative estimate of drug-likeness (QED) is 0.170. The number of Topliss-reactive ketones (excluding diaryl/α,β-unsaturated/α-hetero) is 1. The molecule has 2 aromatic rings. The van der Waals surface area contributed by atoms with E-state index < -0.39 is 11.9 Å². The highest BCUT2D eigenvalue weighted by atomic mass is 16.5. The van der Waals surface area contributed by atoms with Crippen LogP contribution in [0.15, 0.2) is 54.6 Å². The number of unbranched alkanes of at least 4 members (excludes halogenated alkanes) is 7. The number of hydrogen-bond donors (Lipinski definition) is 1. The molecular formula is C26H33NO4. The van der Waals surface area contributed by atoms with Gasteiger partial charge in [0.15, 0.2) is 5.78 Å². The number of esters is 1. The molecule has 0 saturated carbocycles. The van der Waals surface area contributed by atoms with Crippen molar-refractivity contribution in [2.75, 3.05) is 11.9 Å². The molecule has 0 atom stereocenters. The Morgan fingerprint density at radius 3 is 2.10 bits per heavy atom.